The highest BCUT2D eigenvalue weighted by Gasteiger charge is 2.17. The van der Waals surface area contributed by atoms with Gasteiger partial charge in [0.2, 0.25) is 6.79 Å². The zero-order chi connectivity index (χ0) is 17.2. The lowest BCUT2D eigenvalue weighted by molar-refractivity contribution is 0.174. The number of hydrogen-bond acceptors (Lipinski definition) is 4. The Morgan fingerprint density at radius 3 is 2.56 bits per heavy atom. The predicted molar refractivity (Wildman–Crippen MR) is 96.5 cm³/mol. The van der Waals surface area contributed by atoms with Gasteiger partial charge in [0, 0.05) is 11.6 Å². The Hall–Kier alpha value is -3.45. The van der Waals surface area contributed by atoms with Crippen LogP contribution < -0.4 is 14.2 Å². The molecular weight excluding hydrogens is 314 g/mol. The van der Waals surface area contributed by atoms with E-state index < -0.39 is 0 Å². The van der Waals surface area contributed by atoms with Crippen LogP contribution in [0.2, 0.25) is 0 Å². The molecule has 0 aliphatic carbocycles. The van der Waals surface area contributed by atoms with Crippen LogP contribution >= 0.6 is 0 Å². The Morgan fingerprint density at radius 2 is 1.80 bits per heavy atom. The number of nitrogens with zero attached hydrogens (tertiary/aromatic N) is 1. The number of methoxy groups -OCH3 is 1. The number of rotatable bonds is 3. The molecule has 1 aliphatic heterocycles. The molecule has 0 unspecified atom stereocenters. The highest BCUT2D eigenvalue weighted by Crippen LogP contribution is 2.39. The molecule has 0 amide bonds. The topological polar surface area (TPSA) is 51.5 Å². The van der Waals surface area contributed by atoms with Crippen molar-refractivity contribution in [1.82, 2.24) is 0 Å². The van der Waals surface area contributed by atoms with E-state index in [0.29, 0.717) is 22.8 Å². The second-order valence-electron chi connectivity index (χ2n) is 5.68. The highest BCUT2D eigenvalue weighted by atomic mass is 16.7. The van der Waals surface area contributed by atoms with E-state index in [1.807, 2.05) is 48.5 Å². The van der Waals surface area contributed by atoms with Crippen molar-refractivity contribution in [2.45, 2.75) is 0 Å². The summed E-state index contributed by atoms with van der Waals surface area (Å²) in [6, 6.07) is 20.0. The van der Waals surface area contributed by atoms with Gasteiger partial charge in [0.05, 0.1) is 18.8 Å². The summed E-state index contributed by atoms with van der Waals surface area (Å²) in [5, 5.41) is 11.9. The normalized spacial score (nSPS) is 12.9. The Bertz CT molecular complexity index is 1030. The SMILES string of the molecule is COc1cc2c(cc1/C=C(/C#N)c1ccc3ccccc3c1)OCO2. The molecule has 1 heterocycles. The maximum absolute atomic E-state index is 9.65. The minimum Gasteiger partial charge on any atom is -0.496 e. The first-order chi connectivity index (χ1) is 12.3. The molecule has 4 rings (SSSR count). The molecule has 4 heteroatoms. The van der Waals surface area contributed by atoms with Crippen molar-refractivity contribution in [3.63, 3.8) is 0 Å². The largest absolute Gasteiger partial charge is 0.496 e. The maximum Gasteiger partial charge on any atom is 0.231 e. The molecule has 0 N–H and O–H groups in total. The molecule has 1 aliphatic rings. The van der Waals surface area contributed by atoms with Gasteiger partial charge in [-0.25, -0.2) is 0 Å². The van der Waals surface area contributed by atoms with E-state index in [0.717, 1.165) is 21.9 Å². The van der Waals surface area contributed by atoms with Crippen LogP contribution in [0.25, 0.3) is 22.4 Å². The third-order valence-electron chi connectivity index (χ3n) is 4.21. The summed E-state index contributed by atoms with van der Waals surface area (Å²) >= 11 is 0. The third-order valence-corrected chi connectivity index (χ3v) is 4.21. The van der Waals surface area contributed by atoms with Gasteiger partial charge in [-0.05, 0) is 34.5 Å². The quantitative estimate of drug-likeness (QED) is 0.519. The van der Waals surface area contributed by atoms with Gasteiger partial charge in [0.15, 0.2) is 11.5 Å². The maximum atomic E-state index is 9.65. The molecule has 4 nitrogen and oxygen atoms in total. The van der Waals surface area contributed by atoms with Crippen molar-refractivity contribution in [1.29, 1.82) is 5.26 Å². The van der Waals surface area contributed by atoms with E-state index in [1.54, 1.807) is 13.2 Å². The molecule has 3 aromatic rings. The van der Waals surface area contributed by atoms with E-state index in [4.69, 9.17) is 14.2 Å². The summed E-state index contributed by atoms with van der Waals surface area (Å²) in [5.74, 6) is 1.94. The minimum atomic E-state index is 0.196. The van der Waals surface area contributed by atoms with Crippen molar-refractivity contribution in [3.8, 4) is 23.3 Å². The molecule has 0 saturated carbocycles. The first kappa shape index (κ1) is 15.1. The fraction of sp³-hybridized carbons (Fsp3) is 0.0952. The van der Waals surface area contributed by atoms with Crippen LogP contribution in [0, 0.1) is 11.3 Å². The molecule has 0 radical (unpaired) electrons. The lowest BCUT2D eigenvalue weighted by Gasteiger charge is -2.08. The first-order valence-corrected chi connectivity index (χ1v) is 7.87. The molecular formula is C21H15NO3. The predicted octanol–water partition coefficient (Wildman–Crippen LogP) is 4.64. The van der Waals surface area contributed by atoms with Gasteiger partial charge in [-0.1, -0.05) is 36.4 Å². The smallest absolute Gasteiger partial charge is 0.231 e. The zero-order valence-electron chi connectivity index (χ0n) is 13.7. The molecule has 122 valence electrons. The Labute approximate surface area is 145 Å². The number of allylic oxidation sites excluding steroid dienone is 1. The summed E-state index contributed by atoms with van der Waals surface area (Å²) in [5.41, 5.74) is 2.19. The molecule has 0 fully saturated rings. The van der Waals surface area contributed by atoms with Gasteiger partial charge in [-0.15, -0.1) is 0 Å². The molecule has 0 atom stereocenters. The van der Waals surface area contributed by atoms with Gasteiger partial charge >= 0.3 is 0 Å². The lowest BCUT2D eigenvalue weighted by atomic mass is 10.00. The van der Waals surface area contributed by atoms with Crippen molar-refractivity contribution in [2.75, 3.05) is 13.9 Å². The van der Waals surface area contributed by atoms with Crippen LogP contribution in [0.1, 0.15) is 11.1 Å². The van der Waals surface area contributed by atoms with Crippen LogP contribution in [0.3, 0.4) is 0 Å². The van der Waals surface area contributed by atoms with E-state index >= 15 is 0 Å². The number of nitriles is 1. The summed E-state index contributed by atoms with van der Waals surface area (Å²) in [4.78, 5) is 0. The average Bonchev–Trinajstić information content (AvgIpc) is 3.12. The number of fused-ring (bicyclic) bond motifs is 2. The van der Waals surface area contributed by atoms with Crippen molar-refractivity contribution in [2.24, 2.45) is 0 Å². The van der Waals surface area contributed by atoms with Gasteiger partial charge in [0.1, 0.15) is 5.75 Å². The Morgan fingerprint density at radius 1 is 1.04 bits per heavy atom. The second kappa shape index (κ2) is 6.21. The molecule has 0 aromatic heterocycles. The third kappa shape index (κ3) is 2.77. The molecule has 3 aromatic carbocycles. The lowest BCUT2D eigenvalue weighted by Crippen LogP contribution is -1.92. The highest BCUT2D eigenvalue weighted by molar-refractivity contribution is 5.95. The Kier molecular flexibility index (Phi) is 3.75. The summed E-state index contributed by atoms with van der Waals surface area (Å²) in [7, 11) is 1.59. The van der Waals surface area contributed by atoms with Crippen LogP contribution in [0.4, 0.5) is 0 Å². The van der Waals surface area contributed by atoms with Crippen molar-refractivity contribution >= 4 is 22.4 Å². The monoisotopic (exact) mass is 329 g/mol. The van der Waals surface area contributed by atoms with Crippen LogP contribution in [-0.4, -0.2) is 13.9 Å². The minimum absolute atomic E-state index is 0.196. The molecule has 25 heavy (non-hydrogen) atoms. The fourth-order valence-electron chi connectivity index (χ4n) is 2.92. The van der Waals surface area contributed by atoms with Gasteiger partial charge in [0.25, 0.3) is 0 Å². The van der Waals surface area contributed by atoms with Crippen molar-refractivity contribution < 1.29 is 14.2 Å². The number of ether oxygens (including phenoxy) is 3. The van der Waals surface area contributed by atoms with Gasteiger partial charge < -0.3 is 14.2 Å². The molecule has 0 bridgehead atoms. The average molecular weight is 329 g/mol. The van der Waals surface area contributed by atoms with E-state index in [1.165, 1.54) is 0 Å². The fourth-order valence-corrected chi connectivity index (χ4v) is 2.92. The molecule has 0 saturated heterocycles. The number of benzene rings is 3. The van der Waals surface area contributed by atoms with E-state index in [-0.39, 0.29) is 6.79 Å². The summed E-state index contributed by atoms with van der Waals surface area (Å²) in [6.07, 6.45) is 1.81. The van der Waals surface area contributed by atoms with Gasteiger partial charge in [-0.3, -0.25) is 0 Å². The standard InChI is InChI=1S/C21H15NO3/c1-23-19-11-21-20(24-13-25-21)10-17(19)9-18(12-22)16-7-6-14-4-2-3-5-15(14)8-16/h2-11H,13H2,1H3/b18-9-. The summed E-state index contributed by atoms with van der Waals surface area (Å²) < 4.78 is 16.2. The zero-order valence-corrected chi connectivity index (χ0v) is 13.7. The number of hydrogen-bond donors (Lipinski definition) is 0. The van der Waals surface area contributed by atoms with E-state index in [2.05, 4.69) is 12.1 Å². The Balaban J connectivity index is 1.81. The summed E-state index contributed by atoms with van der Waals surface area (Å²) in [6.45, 7) is 0.196. The van der Waals surface area contributed by atoms with Crippen LogP contribution in [0.5, 0.6) is 17.2 Å². The van der Waals surface area contributed by atoms with E-state index in [9.17, 15) is 5.26 Å². The molecule has 0 spiro atoms. The van der Waals surface area contributed by atoms with Gasteiger partial charge in [-0.2, -0.15) is 5.26 Å². The first-order valence-electron chi connectivity index (χ1n) is 7.87. The van der Waals surface area contributed by atoms with Crippen LogP contribution in [-0.2, 0) is 0 Å². The van der Waals surface area contributed by atoms with Crippen molar-refractivity contribution in [3.05, 3.63) is 65.7 Å². The second-order valence-corrected chi connectivity index (χ2v) is 5.68. The van der Waals surface area contributed by atoms with Crippen LogP contribution in [0.15, 0.2) is 54.6 Å².